The number of rotatable bonds is 7. The number of carbonyl (C=O) groups is 1. The number of carboxylic acids is 1. The monoisotopic (exact) mass is 373 g/mol. The lowest BCUT2D eigenvalue weighted by Gasteiger charge is -2.15. The van der Waals surface area contributed by atoms with Gasteiger partial charge in [0, 0.05) is 10.9 Å². The van der Waals surface area contributed by atoms with Gasteiger partial charge < -0.3 is 10.4 Å². The van der Waals surface area contributed by atoms with E-state index < -0.39 is 12.0 Å². The number of carboxylic acid groups (broad SMARTS) is 1. The standard InChI is InChI=1S/C18H19N3O2S2/c1-11-3-5-12(6-4-11)13-9-25-17-15(13)16(19-10-20-17)21-14(18(22)23)7-8-24-2/h3-6,9-10,14H,7-8H2,1-2H3,(H,22,23)(H,19,20,21). The number of hydrogen-bond donors (Lipinski definition) is 2. The van der Waals surface area contributed by atoms with Crippen LogP contribution >= 0.6 is 23.1 Å². The lowest BCUT2D eigenvalue weighted by Crippen LogP contribution is -2.30. The quantitative estimate of drug-likeness (QED) is 0.644. The molecule has 25 heavy (non-hydrogen) atoms. The van der Waals surface area contributed by atoms with E-state index in [9.17, 15) is 9.90 Å². The van der Waals surface area contributed by atoms with Gasteiger partial charge in [0.05, 0.1) is 5.39 Å². The number of nitrogens with zero attached hydrogens (tertiary/aromatic N) is 2. The van der Waals surface area contributed by atoms with E-state index >= 15 is 0 Å². The molecule has 0 aliphatic carbocycles. The van der Waals surface area contributed by atoms with Crippen molar-refractivity contribution < 1.29 is 9.90 Å². The summed E-state index contributed by atoms with van der Waals surface area (Å²) < 4.78 is 0. The van der Waals surface area contributed by atoms with E-state index in [1.807, 2.05) is 11.6 Å². The fourth-order valence-corrected chi connectivity index (χ4v) is 3.98. The molecule has 0 saturated heterocycles. The smallest absolute Gasteiger partial charge is 0.326 e. The molecule has 3 rings (SSSR count). The van der Waals surface area contributed by atoms with Crippen LogP contribution in [-0.2, 0) is 4.79 Å². The second kappa shape index (κ2) is 7.84. The Kier molecular flexibility index (Phi) is 5.55. The lowest BCUT2D eigenvalue weighted by molar-refractivity contribution is -0.137. The largest absolute Gasteiger partial charge is 0.480 e. The molecule has 0 spiro atoms. The summed E-state index contributed by atoms with van der Waals surface area (Å²) >= 11 is 3.17. The Morgan fingerprint density at radius 2 is 2.08 bits per heavy atom. The first-order chi connectivity index (χ1) is 12.1. The normalized spacial score (nSPS) is 12.2. The first-order valence-electron chi connectivity index (χ1n) is 7.87. The number of aromatic nitrogens is 2. The average Bonchev–Trinajstić information content (AvgIpc) is 3.04. The summed E-state index contributed by atoms with van der Waals surface area (Å²) in [5, 5.41) is 15.5. The van der Waals surface area contributed by atoms with Crippen molar-refractivity contribution in [1.82, 2.24) is 9.97 Å². The third-order valence-electron chi connectivity index (χ3n) is 3.95. The van der Waals surface area contributed by atoms with Crippen LogP contribution in [0.4, 0.5) is 5.82 Å². The molecule has 7 heteroatoms. The zero-order chi connectivity index (χ0) is 17.8. The fourth-order valence-electron chi connectivity index (χ4n) is 2.59. The van der Waals surface area contributed by atoms with Crippen LogP contribution in [0.5, 0.6) is 0 Å². The van der Waals surface area contributed by atoms with Crippen molar-refractivity contribution in [3.63, 3.8) is 0 Å². The highest BCUT2D eigenvalue weighted by Crippen LogP contribution is 2.36. The maximum atomic E-state index is 11.6. The molecule has 0 radical (unpaired) electrons. The van der Waals surface area contributed by atoms with Gasteiger partial charge in [-0.3, -0.25) is 0 Å². The molecule has 0 saturated carbocycles. The van der Waals surface area contributed by atoms with Gasteiger partial charge in [-0.25, -0.2) is 14.8 Å². The Bertz CT molecular complexity index is 878. The summed E-state index contributed by atoms with van der Waals surface area (Å²) in [6, 6.07) is 7.59. The Morgan fingerprint density at radius 1 is 1.32 bits per heavy atom. The maximum Gasteiger partial charge on any atom is 0.326 e. The fraction of sp³-hybridized carbons (Fsp3) is 0.278. The zero-order valence-corrected chi connectivity index (χ0v) is 15.7. The number of nitrogens with one attached hydrogen (secondary N) is 1. The van der Waals surface area contributed by atoms with Crippen molar-refractivity contribution in [3.05, 3.63) is 41.5 Å². The molecule has 2 N–H and O–H groups in total. The van der Waals surface area contributed by atoms with Crippen LogP contribution in [0.25, 0.3) is 21.3 Å². The highest BCUT2D eigenvalue weighted by Gasteiger charge is 2.20. The molecule has 0 aliphatic rings. The third kappa shape index (κ3) is 3.93. The molecule has 0 amide bonds. The Balaban J connectivity index is 2.02. The number of thiophene rings is 1. The van der Waals surface area contributed by atoms with E-state index in [1.165, 1.54) is 23.2 Å². The highest BCUT2D eigenvalue weighted by atomic mass is 32.2. The van der Waals surface area contributed by atoms with Crippen LogP contribution in [0.1, 0.15) is 12.0 Å². The van der Waals surface area contributed by atoms with Gasteiger partial charge in [0.1, 0.15) is 23.0 Å². The van der Waals surface area contributed by atoms with Gasteiger partial charge in [-0.1, -0.05) is 29.8 Å². The summed E-state index contributed by atoms with van der Waals surface area (Å²) in [6.07, 6.45) is 3.98. The van der Waals surface area contributed by atoms with E-state index in [0.29, 0.717) is 12.2 Å². The number of hydrogen-bond acceptors (Lipinski definition) is 6. The molecule has 1 atom stereocenters. The Morgan fingerprint density at radius 3 is 2.76 bits per heavy atom. The molecule has 0 bridgehead atoms. The number of anilines is 1. The SMILES string of the molecule is CSCCC(Nc1ncnc2scc(-c3ccc(C)cc3)c12)C(=O)O. The van der Waals surface area contributed by atoms with Crippen molar-refractivity contribution in [2.24, 2.45) is 0 Å². The molecule has 1 unspecified atom stereocenters. The van der Waals surface area contributed by atoms with E-state index in [0.717, 1.165) is 27.1 Å². The topological polar surface area (TPSA) is 75.1 Å². The predicted molar refractivity (Wildman–Crippen MR) is 106 cm³/mol. The predicted octanol–water partition coefficient (Wildman–Crippen LogP) is 4.28. The summed E-state index contributed by atoms with van der Waals surface area (Å²) in [6.45, 7) is 2.05. The Hall–Kier alpha value is -2.12. The van der Waals surface area contributed by atoms with Crippen LogP contribution in [0.2, 0.25) is 0 Å². The van der Waals surface area contributed by atoms with Crippen molar-refractivity contribution in [3.8, 4) is 11.1 Å². The van der Waals surface area contributed by atoms with Crippen LogP contribution in [0.15, 0.2) is 36.0 Å². The summed E-state index contributed by atoms with van der Waals surface area (Å²) in [7, 11) is 0. The zero-order valence-electron chi connectivity index (χ0n) is 14.0. The molecule has 5 nitrogen and oxygen atoms in total. The van der Waals surface area contributed by atoms with Gasteiger partial charge in [0.2, 0.25) is 0 Å². The van der Waals surface area contributed by atoms with Crippen LogP contribution in [0, 0.1) is 6.92 Å². The first-order valence-corrected chi connectivity index (χ1v) is 10.1. The van der Waals surface area contributed by atoms with Gasteiger partial charge in [-0.2, -0.15) is 11.8 Å². The summed E-state index contributed by atoms with van der Waals surface area (Å²) in [5.74, 6) is 0.482. The second-order valence-corrected chi connectivity index (χ2v) is 7.58. The number of fused-ring (bicyclic) bond motifs is 1. The lowest BCUT2D eigenvalue weighted by atomic mass is 10.0. The van der Waals surface area contributed by atoms with E-state index in [4.69, 9.17) is 0 Å². The van der Waals surface area contributed by atoms with Crippen molar-refractivity contribution in [2.75, 3.05) is 17.3 Å². The van der Waals surface area contributed by atoms with E-state index in [2.05, 4.69) is 46.5 Å². The van der Waals surface area contributed by atoms with Gasteiger partial charge in [0.25, 0.3) is 0 Å². The number of aryl methyl sites for hydroxylation is 1. The van der Waals surface area contributed by atoms with Gasteiger partial charge in [-0.15, -0.1) is 11.3 Å². The third-order valence-corrected chi connectivity index (χ3v) is 5.48. The van der Waals surface area contributed by atoms with Crippen molar-refractivity contribution in [1.29, 1.82) is 0 Å². The minimum Gasteiger partial charge on any atom is -0.480 e. The summed E-state index contributed by atoms with van der Waals surface area (Å²) in [4.78, 5) is 21.1. The molecule has 3 aromatic rings. The van der Waals surface area contributed by atoms with E-state index in [-0.39, 0.29) is 0 Å². The van der Waals surface area contributed by atoms with Gasteiger partial charge in [-0.05, 0) is 30.9 Å². The van der Waals surface area contributed by atoms with Crippen LogP contribution in [0.3, 0.4) is 0 Å². The molecule has 1 aromatic carbocycles. The molecule has 130 valence electrons. The Labute approximate surface area is 154 Å². The molecule has 2 heterocycles. The molecule has 2 aromatic heterocycles. The van der Waals surface area contributed by atoms with Crippen molar-refractivity contribution >= 4 is 45.1 Å². The highest BCUT2D eigenvalue weighted by molar-refractivity contribution is 7.98. The van der Waals surface area contributed by atoms with Crippen LogP contribution in [-0.4, -0.2) is 39.1 Å². The van der Waals surface area contributed by atoms with Crippen LogP contribution < -0.4 is 5.32 Å². The first kappa shape index (κ1) is 17.7. The van der Waals surface area contributed by atoms with Gasteiger partial charge >= 0.3 is 5.97 Å². The second-order valence-electron chi connectivity index (χ2n) is 5.73. The minimum absolute atomic E-state index is 0.534. The number of benzene rings is 1. The van der Waals surface area contributed by atoms with Gasteiger partial charge in [0.15, 0.2) is 0 Å². The molecule has 0 fully saturated rings. The maximum absolute atomic E-state index is 11.6. The molecular formula is C18H19N3O2S2. The number of aliphatic carboxylic acids is 1. The average molecular weight is 374 g/mol. The minimum atomic E-state index is -0.868. The number of thioether (sulfide) groups is 1. The van der Waals surface area contributed by atoms with Crippen molar-refractivity contribution in [2.45, 2.75) is 19.4 Å². The van der Waals surface area contributed by atoms with E-state index in [1.54, 1.807) is 11.8 Å². The molecule has 0 aliphatic heterocycles. The molecular weight excluding hydrogens is 354 g/mol. The summed E-state index contributed by atoms with van der Waals surface area (Å²) in [5.41, 5.74) is 3.30.